The number of nitrogen functional groups attached to an aromatic ring is 1. The lowest BCUT2D eigenvalue weighted by Crippen LogP contribution is -1.97. The van der Waals surface area contributed by atoms with Crippen molar-refractivity contribution in [1.29, 1.82) is 0 Å². The van der Waals surface area contributed by atoms with Crippen molar-refractivity contribution in [3.8, 4) is 34.3 Å². The molecule has 0 bridgehead atoms. The first kappa shape index (κ1) is 16.7. The zero-order valence-electron chi connectivity index (χ0n) is 14.6. The first-order valence-electron chi connectivity index (χ1n) is 7.66. The summed E-state index contributed by atoms with van der Waals surface area (Å²) < 4.78 is 21.3. The highest BCUT2D eigenvalue weighted by molar-refractivity contribution is 5.87. The molecule has 0 aliphatic heterocycles. The van der Waals surface area contributed by atoms with Gasteiger partial charge in [0.1, 0.15) is 0 Å². The first-order chi connectivity index (χ1) is 12.1. The van der Waals surface area contributed by atoms with Gasteiger partial charge in [-0.05, 0) is 18.2 Å². The number of benzene rings is 2. The number of nitrogens with two attached hydrogens (primary N) is 1. The molecule has 1 aromatic heterocycles. The molecule has 0 aliphatic rings. The summed E-state index contributed by atoms with van der Waals surface area (Å²) >= 11 is 0. The minimum Gasteiger partial charge on any atom is -0.493 e. The smallest absolute Gasteiger partial charge is 0.162 e. The molecule has 0 amide bonds. The second-order valence-electron chi connectivity index (χ2n) is 5.39. The van der Waals surface area contributed by atoms with Crippen LogP contribution in [0.25, 0.3) is 22.2 Å². The van der Waals surface area contributed by atoms with E-state index in [-0.39, 0.29) is 0 Å². The minimum absolute atomic E-state index is 0.560. The van der Waals surface area contributed by atoms with Crippen LogP contribution in [-0.2, 0) is 0 Å². The van der Waals surface area contributed by atoms with Crippen molar-refractivity contribution in [3.05, 3.63) is 36.4 Å². The van der Waals surface area contributed by atoms with Gasteiger partial charge in [0, 0.05) is 28.8 Å². The van der Waals surface area contributed by atoms with Gasteiger partial charge < -0.3 is 24.7 Å². The fourth-order valence-corrected chi connectivity index (χ4v) is 2.72. The number of pyridine rings is 1. The number of methoxy groups -OCH3 is 4. The highest BCUT2D eigenvalue weighted by atomic mass is 16.5. The van der Waals surface area contributed by atoms with Crippen molar-refractivity contribution in [2.45, 2.75) is 0 Å². The summed E-state index contributed by atoms with van der Waals surface area (Å²) in [5, 5.41) is 0.945. The average molecular weight is 340 g/mol. The van der Waals surface area contributed by atoms with Crippen LogP contribution in [0.5, 0.6) is 23.0 Å². The number of fused-ring (bicyclic) bond motifs is 1. The molecule has 130 valence electrons. The molecule has 0 radical (unpaired) electrons. The Bertz CT molecular complexity index is 925. The van der Waals surface area contributed by atoms with Crippen molar-refractivity contribution in [2.75, 3.05) is 34.2 Å². The molecule has 0 spiro atoms. The second-order valence-corrected chi connectivity index (χ2v) is 5.39. The predicted molar refractivity (Wildman–Crippen MR) is 97.8 cm³/mol. The van der Waals surface area contributed by atoms with Gasteiger partial charge in [-0.1, -0.05) is 6.07 Å². The molecule has 3 aromatic rings. The molecule has 0 saturated carbocycles. The Hall–Kier alpha value is -3.15. The summed E-state index contributed by atoms with van der Waals surface area (Å²) in [4.78, 5) is 4.71. The molecule has 2 aromatic carbocycles. The normalized spacial score (nSPS) is 10.6. The van der Waals surface area contributed by atoms with E-state index in [0.717, 1.165) is 22.2 Å². The standard InChI is InChI=1S/C19H20N2O4/c1-22-16-7-11-5-6-14(21-15(11)10-19(16)25-4)12-8-17(23-2)18(24-3)9-13(12)20/h5-10H,20H2,1-4H3. The lowest BCUT2D eigenvalue weighted by molar-refractivity contribution is 0.355. The highest BCUT2D eigenvalue weighted by Crippen LogP contribution is 2.38. The largest absolute Gasteiger partial charge is 0.493 e. The SMILES string of the molecule is COc1cc(N)c(-c2ccc3cc(OC)c(OC)cc3n2)cc1OC. The Morgan fingerprint density at radius 3 is 1.92 bits per heavy atom. The van der Waals surface area contributed by atoms with Crippen LogP contribution in [0.2, 0.25) is 0 Å². The zero-order valence-corrected chi connectivity index (χ0v) is 14.6. The molecule has 6 nitrogen and oxygen atoms in total. The molecule has 2 N–H and O–H groups in total. The molecule has 6 heteroatoms. The van der Waals surface area contributed by atoms with Crippen LogP contribution in [0.4, 0.5) is 5.69 Å². The third-order valence-corrected chi connectivity index (χ3v) is 4.03. The van der Waals surface area contributed by atoms with Gasteiger partial charge in [-0.3, -0.25) is 0 Å². The average Bonchev–Trinajstić information content (AvgIpc) is 2.65. The summed E-state index contributed by atoms with van der Waals surface area (Å²) in [6, 6.07) is 11.2. The minimum atomic E-state index is 0.560. The number of rotatable bonds is 5. The maximum Gasteiger partial charge on any atom is 0.162 e. The fraction of sp³-hybridized carbons (Fsp3) is 0.211. The van der Waals surface area contributed by atoms with Crippen molar-refractivity contribution < 1.29 is 18.9 Å². The lowest BCUT2D eigenvalue weighted by atomic mass is 10.1. The van der Waals surface area contributed by atoms with E-state index in [1.54, 1.807) is 34.5 Å². The van der Waals surface area contributed by atoms with Crippen molar-refractivity contribution in [3.63, 3.8) is 0 Å². The second kappa shape index (κ2) is 6.76. The van der Waals surface area contributed by atoms with Crippen molar-refractivity contribution in [2.24, 2.45) is 0 Å². The van der Waals surface area contributed by atoms with Crippen LogP contribution in [0.1, 0.15) is 0 Å². The zero-order chi connectivity index (χ0) is 18.0. The van der Waals surface area contributed by atoms with Gasteiger partial charge in [0.15, 0.2) is 23.0 Å². The fourth-order valence-electron chi connectivity index (χ4n) is 2.72. The maximum absolute atomic E-state index is 6.18. The van der Waals surface area contributed by atoms with Gasteiger partial charge in [-0.2, -0.15) is 0 Å². The Morgan fingerprint density at radius 1 is 0.720 bits per heavy atom. The molecule has 25 heavy (non-hydrogen) atoms. The summed E-state index contributed by atoms with van der Waals surface area (Å²) in [6.45, 7) is 0. The number of nitrogens with zero attached hydrogens (tertiary/aromatic N) is 1. The summed E-state index contributed by atoms with van der Waals surface area (Å²) in [6.07, 6.45) is 0. The van der Waals surface area contributed by atoms with E-state index in [0.29, 0.717) is 28.7 Å². The van der Waals surface area contributed by atoms with Gasteiger partial charge >= 0.3 is 0 Å². The Kier molecular flexibility index (Phi) is 4.52. The number of hydrogen-bond acceptors (Lipinski definition) is 6. The van der Waals surface area contributed by atoms with Gasteiger partial charge in [0.2, 0.25) is 0 Å². The number of aromatic nitrogens is 1. The number of hydrogen-bond donors (Lipinski definition) is 1. The molecule has 1 heterocycles. The van der Waals surface area contributed by atoms with E-state index in [1.165, 1.54) is 0 Å². The van der Waals surface area contributed by atoms with Crippen LogP contribution in [0.15, 0.2) is 36.4 Å². The Morgan fingerprint density at radius 2 is 1.28 bits per heavy atom. The van der Waals surface area contributed by atoms with Crippen LogP contribution in [0, 0.1) is 0 Å². The van der Waals surface area contributed by atoms with Crippen LogP contribution < -0.4 is 24.7 Å². The van der Waals surface area contributed by atoms with E-state index in [2.05, 4.69) is 0 Å². The first-order valence-corrected chi connectivity index (χ1v) is 7.66. The number of anilines is 1. The third-order valence-electron chi connectivity index (χ3n) is 4.03. The van der Waals surface area contributed by atoms with Crippen molar-refractivity contribution >= 4 is 16.6 Å². The van der Waals surface area contributed by atoms with E-state index in [4.69, 9.17) is 29.7 Å². The molecule has 0 fully saturated rings. The van der Waals surface area contributed by atoms with E-state index >= 15 is 0 Å². The topological polar surface area (TPSA) is 75.8 Å². The Labute approximate surface area is 146 Å². The summed E-state index contributed by atoms with van der Waals surface area (Å²) in [5.41, 5.74) is 9.03. The number of ether oxygens (including phenoxy) is 4. The molecule has 3 rings (SSSR count). The monoisotopic (exact) mass is 340 g/mol. The summed E-state index contributed by atoms with van der Waals surface area (Å²) in [5.74, 6) is 2.46. The van der Waals surface area contributed by atoms with E-state index in [9.17, 15) is 0 Å². The van der Waals surface area contributed by atoms with Crippen LogP contribution in [-0.4, -0.2) is 33.4 Å². The van der Waals surface area contributed by atoms with Crippen LogP contribution in [0.3, 0.4) is 0 Å². The predicted octanol–water partition coefficient (Wildman–Crippen LogP) is 3.52. The molecule has 0 unspecified atom stereocenters. The maximum atomic E-state index is 6.18. The van der Waals surface area contributed by atoms with Crippen molar-refractivity contribution in [1.82, 2.24) is 4.98 Å². The molecular weight excluding hydrogens is 320 g/mol. The van der Waals surface area contributed by atoms with Crippen LogP contribution >= 0.6 is 0 Å². The van der Waals surface area contributed by atoms with E-state index in [1.807, 2.05) is 30.3 Å². The Balaban J connectivity index is 2.16. The summed E-state index contributed by atoms with van der Waals surface area (Å²) in [7, 11) is 6.36. The molecule has 0 aliphatic carbocycles. The molecule has 0 atom stereocenters. The van der Waals surface area contributed by atoms with E-state index < -0.39 is 0 Å². The van der Waals surface area contributed by atoms with Gasteiger partial charge in [0.05, 0.1) is 39.6 Å². The lowest BCUT2D eigenvalue weighted by Gasteiger charge is -2.13. The third kappa shape index (κ3) is 2.98. The molecular formula is C19H20N2O4. The quantitative estimate of drug-likeness (QED) is 0.716. The van der Waals surface area contributed by atoms with Gasteiger partial charge in [-0.15, -0.1) is 0 Å². The van der Waals surface area contributed by atoms with Gasteiger partial charge in [-0.25, -0.2) is 4.98 Å². The highest BCUT2D eigenvalue weighted by Gasteiger charge is 2.13. The molecule has 0 saturated heterocycles. The van der Waals surface area contributed by atoms with Gasteiger partial charge in [0.25, 0.3) is 0 Å².